The van der Waals surface area contributed by atoms with Crippen molar-refractivity contribution in [3.05, 3.63) is 118 Å². The third-order valence-corrected chi connectivity index (χ3v) is 4.17. The Labute approximate surface area is 135 Å². The molecule has 0 aromatic heterocycles. The lowest BCUT2D eigenvalue weighted by Gasteiger charge is -2.32. The van der Waals surface area contributed by atoms with E-state index in [-0.39, 0.29) is 11.5 Å². The van der Waals surface area contributed by atoms with Gasteiger partial charge in [0.2, 0.25) is 6.54 Å². The number of hydrogen-bond donors (Lipinski definition) is 0. The van der Waals surface area contributed by atoms with Crippen molar-refractivity contribution < 1.29 is 4.92 Å². The monoisotopic (exact) mass is 303 g/mol. The lowest BCUT2D eigenvalue weighted by molar-refractivity contribution is -0.486. The van der Waals surface area contributed by atoms with Crippen molar-refractivity contribution in [2.45, 2.75) is 5.41 Å². The van der Waals surface area contributed by atoms with Gasteiger partial charge in [-0.25, -0.2) is 0 Å². The average Bonchev–Trinajstić information content (AvgIpc) is 2.62. The van der Waals surface area contributed by atoms with E-state index < -0.39 is 5.41 Å². The second-order valence-corrected chi connectivity index (χ2v) is 5.49. The highest BCUT2D eigenvalue weighted by Crippen LogP contribution is 2.39. The summed E-state index contributed by atoms with van der Waals surface area (Å²) in [6, 6.07) is 29.1. The maximum absolute atomic E-state index is 11.5. The van der Waals surface area contributed by atoms with Crippen LogP contribution in [0.15, 0.2) is 91.0 Å². The Kier molecular flexibility index (Phi) is 4.20. The third-order valence-electron chi connectivity index (χ3n) is 4.17. The van der Waals surface area contributed by atoms with Gasteiger partial charge in [0.05, 0.1) is 0 Å². The molecule has 0 amide bonds. The lowest BCUT2D eigenvalue weighted by atomic mass is 9.69. The van der Waals surface area contributed by atoms with Crippen molar-refractivity contribution in [1.29, 1.82) is 0 Å². The van der Waals surface area contributed by atoms with E-state index in [0.717, 1.165) is 16.7 Å². The highest BCUT2D eigenvalue weighted by atomic mass is 16.6. The minimum atomic E-state index is -0.798. The van der Waals surface area contributed by atoms with Crippen molar-refractivity contribution in [1.82, 2.24) is 0 Å². The first-order chi connectivity index (χ1) is 11.2. The Morgan fingerprint density at radius 3 is 1.22 bits per heavy atom. The van der Waals surface area contributed by atoms with Crippen molar-refractivity contribution in [2.24, 2.45) is 0 Å². The molecule has 0 saturated heterocycles. The van der Waals surface area contributed by atoms with Gasteiger partial charge < -0.3 is 0 Å². The summed E-state index contributed by atoms with van der Waals surface area (Å²) in [5.41, 5.74) is 1.98. The number of benzene rings is 3. The van der Waals surface area contributed by atoms with Crippen molar-refractivity contribution in [3.63, 3.8) is 0 Å². The van der Waals surface area contributed by atoms with Crippen LogP contribution in [0.2, 0.25) is 0 Å². The largest absolute Gasteiger partial charge is 0.264 e. The molecule has 3 aromatic rings. The van der Waals surface area contributed by atoms with Gasteiger partial charge >= 0.3 is 0 Å². The fraction of sp³-hybridized carbons (Fsp3) is 0.100. The molecule has 0 spiro atoms. The van der Waals surface area contributed by atoms with E-state index in [1.807, 2.05) is 91.0 Å². The highest BCUT2D eigenvalue weighted by Gasteiger charge is 2.41. The first kappa shape index (κ1) is 15.0. The van der Waals surface area contributed by atoms with Gasteiger partial charge in [0, 0.05) is 4.92 Å². The summed E-state index contributed by atoms with van der Waals surface area (Å²) in [7, 11) is 0. The van der Waals surface area contributed by atoms with Crippen LogP contribution in [0.3, 0.4) is 0 Å². The summed E-state index contributed by atoms with van der Waals surface area (Å²) in [6.45, 7) is -0.189. The van der Waals surface area contributed by atoms with E-state index in [2.05, 4.69) is 0 Å². The minimum absolute atomic E-state index is 0.189. The Balaban J connectivity index is 2.32. The fourth-order valence-electron chi connectivity index (χ4n) is 3.14. The lowest BCUT2D eigenvalue weighted by Crippen LogP contribution is -2.37. The third kappa shape index (κ3) is 2.86. The molecule has 0 N–H and O–H groups in total. The van der Waals surface area contributed by atoms with Crippen molar-refractivity contribution in [3.8, 4) is 0 Å². The van der Waals surface area contributed by atoms with Crippen molar-refractivity contribution in [2.75, 3.05) is 6.54 Å². The summed E-state index contributed by atoms with van der Waals surface area (Å²) in [4.78, 5) is 11.3. The van der Waals surface area contributed by atoms with Gasteiger partial charge in [-0.2, -0.15) is 0 Å². The van der Waals surface area contributed by atoms with Gasteiger partial charge in [0.15, 0.2) is 0 Å². The van der Waals surface area contributed by atoms with Crippen LogP contribution in [-0.4, -0.2) is 11.5 Å². The summed E-state index contributed by atoms with van der Waals surface area (Å²) in [6.07, 6.45) is 0. The zero-order valence-electron chi connectivity index (χ0n) is 12.6. The second-order valence-electron chi connectivity index (χ2n) is 5.49. The number of nitrogens with zero attached hydrogens (tertiary/aromatic N) is 1. The summed E-state index contributed by atoms with van der Waals surface area (Å²) in [5.74, 6) is 0. The maximum atomic E-state index is 11.5. The quantitative estimate of drug-likeness (QED) is 0.401. The van der Waals surface area contributed by atoms with Crippen LogP contribution in [0.1, 0.15) is 16.7 Å². The molecular weight excluding hydrogens is 286 g/mol. The Bertz CT molecular complexity index is 674. The zero-order chi connectivity index (χ0) is 16.1. The molecule has 0 bridgehead atoms. The molecule has 3 rings (SSSR count). The smallest absolute Gasteiger partial charge is 0.221 e. The van der Waals surface area contributed by atoms with Crippen LogP contribution in [0.25, 0.3) is 0 Å². The molecule has 0 radical (unpaired) electrons. The zero-order valence-corrected chi connectivity index (χ0v) is 12.6. The molecule has 0 heterocycles. The minimum Gasteiger partial charge on any atom is -0.264 e. The van der Waals surface area contributed by atoms with E-state index in [1.165, 1.54) is 0 Å². The van der Waals surface area contributed by atoms with Crippen LogP contribution in [0.4, 0.5) is 0 Å². The number of rotatable bonds is 5. The normalized spacial score (nSPS) is 11.1. The summed E-state index contributed by atoms with van der Waals surface area (Å²) < 4.78 is 0. The molecule has 0 fully saturated rings. The molecule has 23 heavy (non-hydrogen) atoms. The first-order valence-corrected chi connectivity index (χ1v) is 7.52. The Morgan fingerprint density at radius 2 is 0.957 bits per heavy atom. The van der Waals surface area contributed by atoms with E-state index in [9.17, 15) is 10.1 Å². The molecule has 0 aliphatic rings. The van der Waals surface area contributed by atoms with Crippen LogP contribution in [0.5, 0.6) is 0 Å². The summed E-state index contributed by atoms with van der Waals surface area (Å²) >= 11 is 0. The molecule has 0 atom stereocenters. The average molecular weight is 303 g/mol. The molecule has 114 valence electrons. The van der Waals surface area contributed by atoms with E-state index in [1.54, 1.807) is 0 Å². The molecule has 0 aliphatic heterocycles. The van der Waals surface area contributed by atoms with Crippen LogP contribution >= 0.6 is 0 Å². The second kappa shape index (κ2) is 6.44. The number of hydrogen-bond acceptors (Lipinski definition) is 2. The van der Waals surface area contributed by atoms with E-state index >= 15 is 0 Å². The predicted octanol–water partition coefficient (Wildman–Crippen LogP) is 4.30. The molecule has 0 saturated carbocycles. The van der Waals surface area contributed by atoms with Crippen LogP contribution in [-0.2, 0) is 5.41 Å². The fourth-order valence-corrected chi connectivity index (χ4v) is 3.14. The van der Waals surface area contributed by atoms with Crippen molar-refractivity contribution >= 4 is 0 Å². The van der Waals surface area contributed by atoms with Gasteiger partial charge in [-0.3, -0.25) is 10.1 Å². The maximum Gasteiger partial charge on any atom is 0.221 e. The van der Waals surface area contributed by atoms with E-state index in [4.69, 9.17) is 0 Å². The predicted molar refractivity (Wildman–Crippen MR) is 91.1 cm³/mol. The Hall–Kier alpha value is -2.94. The molecule has 3 aromatic carbocycles. The molecule has 3 heteroatoms. The first-order valence-electron chi connectivity index (χ1n) is 7.52. The van der Waals surface area contributed by atoms with Gasteiger partial charge in [-0.1, -0.05) is 91.0 Å². The Morgan fingerprint density at radius 1 is 0.652 bits per heavy atom. The van der Waals surface area contributed by atoms with Crippen LogP contribution in [0, 0.1) is 10.1 Å². The van der Waals surface area contributed by atoms with Crippen LogP contribution < -0.4 is 0 Å². The van der Waals surface area contributed by atoms with Gasteiger partial charge in [0.1, 0.15) is 5.41 Å². The number of nitro groups is 1. The highest BCUT2D eigenvalue weighted by molar-refractivity contribution is 5.50. The SMILES string of the molecule is O=[N+]([O-])CC(c1ccccc1)(c1ccccc1)c1ccccc1. The molecule has 0 aliphatic carbocycles. The molecular formula is C20H17NO2. The molecule has 3 nitrogen and oxygen atoms in total. The van der Waals surface area contributed by atoms with Gasteiger partial charge in [-0.05, 0) is 16.7 Å². The molecule has 0 unspecified atom stereocenters. The topological polar surface area (TPSA) is 43.1 Å². The standard InChI is InChI=1S/C20H17NO2/c22-21(23)16-20(17-10-4-1-5-11-17,18-12-6-2-7-13-18)19-14-8-3-9-15-19/h1-15H,16H2. The van der Waals surface area contributed by atoms with Gasteiger partial charge in [0.25, 0.3) is 0 Å². The summed E-state index contributed by atoms with van der Waals surface area (Å²) in [5, 5.41) is 11.5. The van der Waals surface area contributed by atoms with Gasteiger partial charge in [-0.15, -0.1) is 0 Å². The van der Waals surface area contributed by atoms with E-state index in [0.29, 0.717) is 0 Å².